The number of hydrogen-bond donors (Lipinski definition) is 0. The van der Waals surface area contributed by atoms with Crippen LogP contribution < -0.4 is 4.74 Å². The number of carbonyl (C=O) groups excluding carboxylic acids is 2. The molecule has 0 saturated heterocycles. The lowest BCUT2D eigenvalue weighted by molar-refractivity contribution is -0.137. The van der Waals surface area contributed by atoms with Crippen molar-refractivity contribution in [1.29, 1.82) is 0 Å². The van der Waals surface area contributed by atoms with Gasteiger partial charge in [0.05, 0.1) is 22.5 Å². The summed E-state index contributed by atoms with van der Waals surface area (Å²) in [5.74, 6) is -1.73. The summed E-state index contributed by atoms with van der Waals surface area (Å²) in [6.07, 6.45) is -2.03. The van der Waals surface area contributed by atoms with Crippen LogP contribution in [0.4, 0.5) is 13.2 Å². The fourth-order valence-electron chi connectivity index (χ4n) is 3.22. The standard InChI is InChI=1S/C20H19F3N4O4S/c1-10-14(9-26(3)24-10)19(29)31-18-16(11(2)25-27(18)4)17(28)13-7-6-12(20(21,22)23)8-15(13)32(5)30/h6-9H,1-5H3. The van der Waals surface area contributed by atoms with Crippen molar-refractivity contribution in [2.75, 3.05) is 6.26 Å². The Bertz CT molecular complexity index is 1210. The number of alkyl halides is 3. The first-order valence-corrected chi connectivity index (χ1v) is 10.7. The van der Waals surface area contributed by atoms with E-state index in [0.29, 0.717) is 11.8 Å². The number of nitrogens with zero attached hydrogens (tertiary/aromatic N) is 4. The first-order valence-electron chi connectivity index (χ1n) is 9.16. The van der Waals surface area contributed by atoms with E-state index >= 15 is 0 Å². The number of benzene rings is 1. The van der Waals surface area contributed by atoms with Crippen molar-refractivity contribution >= 4 is 22.9 Å². The van der Waals surface area contributed by atoms with Gasteiger partial charge in [0, 0.05) is 26.4 Å². The number of aryl methyl sites for hydroxylation is 4. The van der Waals surface area contributed by atoms with Gasteiger partial charge in [0.25, 0.3) is 0 Å². The number of ether oxygens (including phenoxy) is 1. The molecule has 0 amide bonds. The van der Waals surface area contributed by atoms with Crippen LogP contribution in [0, 0.1) is 13.8 Å². The summed E-state index contributed by atoms with van der Waals surface area (Å²) in [5.41, 5.74) is -0.569. The number of aromatic nitrogens is 4. The summed E-state index contributed by atoms with van der Waals surface area (Å²) in [6, 6.07) is 2.38. The van der Waals surface area contributed by atoms with Gasteiger partial charge in [0.15, 0.2) is 4.90 Å². The monoisotopic (exact) mass is 468 g/mol. The summed E-state index contributed by atoms with van der Waals surface area (Å²) >= 11 is -1.89. The van der Waals surface area contributed by atoms with Crippen LogP contribution in [0.1, 0.15) is 43.2 Å². The molecule has 12 heteroatoms. The molecule has 1 unspecified atom stereocenters. The fourth-order valence-corrected chi connectivity index (χ4v) is 3.98. The molecule has 3 aromatic rings. The van der Waals surface area contributed by atoms with E-state index in [1.807, 2.05) is 0 Å². The Hall–Kier alpha value is -3.12. The van der Waals surface area contributed by atoms with Crippen LogP contribution in [0.15, 0.2) is 29.3 Å². The minimum atomic E-state index is -4.66. The Morgan fingerprint density at radius 2 is 1.75 bits per heavy atom. The molecule has 1 aromatic carbocycles. The van der Waals surface area contributed by atoms with E-state index < -0.39 is 34.7 Å². The second-order valence-electron chi connectivity index (χ2n) is 7.07. The predicted molar refractivity (Wildman–Crippen MR) is 108 cm³/mol. The Morgan fingerprint density at radius 3 is 2.28 bits per heavy atom. The van der Waals surface area contributed by atoms with E-state index in [4.69, 9.17) is 4.74 Å². The molecule has 0 bridgehead atoms. The topological polar surface area (TPSA) is 102 Å². The Labute approximate surface area is 184 Å². The zero-order valence-corrected chi connectivity index (χ0v) is 18.6. The summed E-state index contributed by atoms with van der Waals surface area (Å²) in [6.45, 7) is 3.11. The lowest BCUT2D eigenvalue weighted by Crippen LogP contribution is -2.16. The van der Waals surface area contributed by atoms with Crippen molar-refractivity contribution in [1.82, 2.24) is 19.6 Å². The normalized spacial score (nSPS) is 12.7. The number of ketones is 1. The van der Waals surface area contributed by atoms with E-state index in [0.717, 1.165) is 12.1 Å². The second-order valence-corrected chi connectivity index (χ2v) is 8.42. The van der Waals surface area contributed by atoms with E-state index in [1.165, 1.54) is 35.8 Å². The molecule has 0 N–H and O–H groups in total. The molecule has 3 rings (SSSR count). The van der Waals surface area contributed by atoms with Gasteiger partial charge in [0.2, 0.25) is 11.7 Å². The maximum absolute atomic E-state index is 13.3. The van der Waals surface area contributed by atoms with Crippen LogP contribution in [0.2, 0.25) is 0 Å². The molecule has 2 heterocycles. The highest BCUT2D eigenvalue weighted by atomic mass is 32.2. The molecule has 2 aromatic heterocycles. The van der Waals surface area contributed by atoms with Gasteiger partial charge in [0.1, 0.15) is 17.4 Å². The summed E-state index contributed by atoms with van der Waals surface area (Å²) < 4.78 is 59.5. The van der Waals surface area contributed by atoms with Crippen LogP contribution in [0.5, 0.6) is 5.88 Å². The quantitative estimate of drug-likeness (QED) is 0.324. The van der Waals surface area contributed by atoms with Crippen molar-refractivity contribution in [3.05, 3.63) is 58.0 Å². The van der Waals surface area contributed by atoms with Gasteiger partial charge in [-0.3, -0.25) is 9.48 Å². The maximum Gasteiger partial charge on any atom is 0.416 e. The van der Waals surface area contributed by atoms with Gasteiger partial charge in [-0.05, 0) is 37.2 Å². The smallest absolute Gasteiger partial charge is 0.416 e. The van der Waals surface area contributed by atoms with Crippen LogP contribution in [-0.4, -0.2) is 42.1 Å². The van der Waals surface area contributed by atoms with Gasteiger partial charge in [-0.1, -0.05) is 0 Å². The molecule has 0 saturated carbocycles. The molecule has 0 aliphatic heterocycles. The zero-order chi connectivity index (χ0) is 24.0. The average molecular weight is 468 g/mol. The van der Waals surface area contributed by atoms with Crippen LogP contribution >= 0.6 is 0 Å². The lowest BCUT2D eigenvalue weighted by Gasteiger charge is -2.14. The third kappa shape index (κ3) is 4.41. The Kier molecular flexibility index (Phi) is 6.20. The molecule has 0 spiro atoms. The van der Waals surface area contributed by atoms with Crippen molar-refractivity contribution in [3.63, 3.8) is 0 Å². The third-order valence-electron chi connectivity index (χ3n) is 4.68. The molecule has 8 nitrogen and oxygen atoms in total. The van der Waals surface area contributed by atoms with Crippen LogP contribution in [-0.2, 0) is 31.4 Å². The number of halogens is 3. The number of rotatable bonds is 5. The van der Waals surface area contributed by atoms with Crippen molar-refractivity contribution < 1.29 is 32.0 Å². The van der Waals surface area contributed by atoms with E-state index in [9.17, 15) is 27.3 Å². The molecule has 0 aliphatic carbocycles. The minimum absolute atomic E-state index is 0.117. The molecule has 0 fully saturated rings. The molecule has 0 radical (unpaired) electrons. The number of carbonyl (C=O) groups is 2. The number of esters is 1. The van der Waals surface area contributed by atoms with Gasteiger partial charge in [-0.25, -0.2) is 9.48 Å². The van der Waals surface area contributed by atoms with E-state index in [-0.39, 0.29) is 33.2 Å². The molecule has 32 heavy (non-hydrogen) atoms. The molecule has 170 valence electrons. The fraction of sp³-hybridized carbons (Fsp3) is 0.300. The highest BCUT2D eigenvalue weighted by Crippen LogP contribution is 2.34. The lowest BCUT2D eigenvalue weighted by atomic mass is 10.0. The molecule has 1 atom stereocenters. The largest absolute Gasteiger partial charge is 0.612 e. The second kappa shape index (κ2) is 8.43. The SMILES string of the molecule is Cc1nn(C)cc1C(=O)Oc1c(C(=O)c2ccc(C(F)(F)F)cc2[S+](C)[O-])c(C)nn1C. The first kappa shape index (κ1) is 23.5. The summed E-state index contributed by atoms with van der Waals surface area (Å²) in [7, 11) is 3.08. The summed E-state index contributed by atoms with van der Waals surface area (Å²) in [5, 5.41) is 8.17. The Balaban J connectivity index is 2.07. The average Bonchev–Trinajstić information content (AvgIpc) is 3.17. The highest BCUT2D eigenvalue weighted by Gasteiger charge is 2.35. The van der Waals surface area contributed by atoms with Crippen LogP contribution in [0.3, 0.4) is 0 Å². The maximum atomic E-state index is 13.3. The molecular weight excluding hydrogens is 449 g/mol. The van der Waals surface area contributed by atoms with Crippen molar-refractivity contribution in [2.24, 2.45) is 14.1 Å². The van der Waals surface area contributed by atoms with Crippen LogP contribution in [0.25, 0.3) is 0 Å². The summed E-state index contributed by atoms with van der Waals surface area (Å²) in [4.78, 5) is 25.7. The Morgan fingerprint density at radius 1 is 1.09 bits per heavy atom. The third-order valence-corrected chi connectivity index (χ3v) is 5.64. The molecular formula is C20H19F3N4O4S. The van der Waals surface area contributed by atoms with Gasteiger partial charge < -0.3 is 9.29 Å². The zero-order valence-electron chi connectivity index (χ0n) is 17.8. The van der Waals surface area contributed by atoms with Gasteiger partial charge >= 0.3 is 12.1 Å². The first-order chi connectivity index (χ1) is 14.8. The highest BCUT2D eigenvalue weighted by molar-refractivity contribution is 7.90. The molecule has 0 aliphatic rings. The van der Waals surface area contributed by atoms with E-state index in [2.05, 4.69) is 10.2 Å². The van der Waals surface area contributed by atoms with E-state index in [1.54, 1.807) is 14.0 Å². The van der Waals surface area contributed by atoms with Crippen molar-refractivity contribution in [3.8, 4) is 5.88 Å². The number of hydrogen-bond acceptors (Lipinski definition) is 6. The minimum Gasteiger partial charge on any atom is -0.612 e. The predicted octanol–water partition coefficient (Wildman–Crippen LogP) is 2.98. The van der Waals surface area contributed by atoms with Crippen molar-refractivity contribution in [2.45, 2.75) is 24.9 Å². The van der Waals surface area contributed by atoms with Gasteiger partial charge in [-0.15, -0.1) is 0 Å². The van der Waals surface area contributed by atoms with Gasteiger partial charge in [-0.2, -0.15) is 23.4 Å².